The van der Waals surface area contributed by atoms with Crippen LogP contribution in [0.1, 0.15) is 19.3 Å². The SMILES string of the molecule is Nc1cccc2c1S(=O)(=O)CC1(CCC1)C(=O)N2. The Balaban J connectivity index is 2.21. The highest BCUT2D eigenvalue weighted by Crippen LogP contribution is 2.47. The summed E-state index contributed by atoms with van der Waals surface area (Å²) in [5, 5.41) is 2.71. The predicted octanol–water partition coefficient (Wildman–Crippen LogP) is 1.16. The Bertz CT molecular complexity index is 633. The van der Waals surface area contributed by atoms with Crippen LogP contribution >= 0.6 is 0 Å². The van der Waals surface area contributed by atoms with Crippen LogP contribution in [0.5, 0.6) is 0 Å². The van der Waals surface area contributed by atoms with Crippen molar-refractivity contribution < 1.29 is 13.2 Å². The van der Waals surface area contributed by atoms with Gasteiger partial charge in [0.2, 0.25) is 5.91 Å². The van der Waals surface area contributed by atoms with E-state index in [0.717, 1.165) is 6.42 Å². The molecule has 1 aromatic carbocycles. The number of sulfone groups is 1. The maximum Gasteiger partial charge on any atom is 0.231 e. The molecule has 0 bridgehead atoms. The molecule has 1 aliphatic heterocycles. The topological polar surface area (TPSA) is 89.3 Å². The molecule has 5 nitrogen and oxygen atoms in total. The number of fused-ring (bicyclic) bond motifs is 1. The van der Waals surface area contributed by atoms with E-state index in [2.05, 4.69) is 5.32 Å². The van der Waals surface area contributed by atoms with E-state index in [9.17, 15) is 13.2 Å². The molecule has 0 aromatic heterocycles. The van der Waals surface area contributed by atoms with Gasteiger partial charge in [-0.1, -0.05) is 12.5 Å². The van der Waals surface area contributed by atoms with E-state index >= 15 is 0 Å². The monoisotopic (exact) mass is 266 g/mol. The molecule has 1 amide bonds. The number of anilines is 2. The van der Waals surface area contributed by atoms with E-state index in [1.54, 1.807) is 18.2 Å². The zero-order chi connectivity index (χ0) is 13.0. The van der Waals surface area contributed by atoms with Crippen molar-refractivity contribution in [1.29, 1.82) is 0 Å². The van der Waals surface area contributed by atoms with E-state index in [-0.39, 0.29) is 22.2 Å². The maximum absolute atomic E-state index is 12.4. The van der Waals surface area contributed by atoms with Crippen LogP contribution in [-0.2, 0) is 14.6 Å². The molecule has 0 unspecified atom stereocenters. The molecule has 1 heterocycles. The summed E-state index contributed by atoms with van der Waals surface area (Å²) >= 11 is 0. The fourth-order valence-corrected chi connectivity index (χ4v) is 4.90. The Morgan fingerprint density at radius 2 is 2.00 bits per heavy atom. The fraction of sp³-hybridized carbons (Fsp3) is 0.417. The van der Waals surface area contributed by atoms with Crippen LogP contribution in [0.15, 0.2) is 23.1 Å². The summed E-state index contributed by atoms with van der Waals surface area (Å²) in [5.74, 6) is -0.325. The minimum atomic E-state index is -3.52. The number of benzene rings is 1. The highest BCUT2D eigenvalue weighted by atomic mass is 32.2. The van der Waals surface area contributed by atoms with Gasteiger partial charge in [0.15, 0.2) is 9.84 Å². The van der Waals surface area contributed by atoms with Crippen molar-refractivity contribution in [2.75, 3.05) is 16.8 Å². The molecule has 3 N–H and O–H groups in total. The van der Waals surface area contributed by atoms with E-state index in [0.29, 0.717) is 18.5 Å². The number of nitrogen functional groups attached to an aromatic ring is 1. The molecule has 3 rings (SSSR count). The maximum atomic E-state index is 12.4. The Hall–Kier alpha value is -1.56. The predicted molar refractivity (Wildman–Crippen MR) is 67.8 cm³/mol. The van der Waals surface area contributed by atoms with Gasteiger partial charge in [0.1, 0.15) is 4.90 Å². The van der Waals surface area contributed by atoms with Gasteiger partial charge in [0.05, 0.1) is 22.5 Å². The van der Waals surface area contributed by atoms with Gasteiger partial charge in [0.25, 0.3) is 0 Å². The minimum Gasteiger partial charge on any atom is -0.398 e. The van der Waals surface area contributed by atoms with Gasteiger partial charge in [-0.25, -0.2) is 8.42 Å². The molecule has 1 aromatic rings. The first kappa shape index (κ1) is 11.5. The highest BCUT2D eigenvalue weighted by molar-refractivity contribution is 7.91. The number of hydrogen-bond acceptors (Lipinski definition) is 4. The third-order valence-electron chi connectivity index (χ3n) is 3.86. The second-order valence-electron chi connectivity index (χ2n) is 5.07. The Kier molecular flexibility index (Phi) is 2.22. The average molecular weight is 266 g/mol. The molecular weight excluding hydrogens is 252 g/mol. The first-order chi connectivity index (χ1) is 8.45. The van der Waals surface area contributed by atoms with Crippen molar-refractivity contribution in [3.63, 3.8) is 0 Å². The van der Waals surface area contributed by atoms with Crippen molar-refractivity contribution in [2.45, 2.75) is 24.2 Å². The molecular formula is C12H14N2O3S. The molecule has 0 atom stereocenters. The first-order valence-electron chi connectivity index (χ1n) is 5.87. The van der Waals surface area contributed by atoms with Crippen LogP contribution < -0.4 is 11.1 Å². The number of carbonyl (C=O) groups excluding carboxylic acids is 1. The van der Waals surface area contributed by atoms with Gasteiger partial charge >= 0.3 is 0 Å². The van der Waals surface area contributed by atoms with Gasteiger partial charge < -0.3 is 11.1 Å². The summed E-state index contributed by atoms with van der Waals surface area (Å²) in [6.07, 6.45) is 2.16. The lowest BCUT2D eigenvalue weighted by Crippen LogP contribution is -2.45. The van der Waals surface area contributed by atoms with Crippen LogP contribution in [-0.4, -0.2) is 20.1 Å². The molecule has 0 saturated heterocycles. The minimum absolute atomic E-state index is 0.0714. The lowest BCUT2D eigenvalue weighted by molar-refractivity contribution is -0.128. The third kappa shape index (κ3) is 1.45. The molecule has 0 radical (unpaired) electrons. The zero-order valence-corrected chi connectivity index (χ0v) is 10.6. The van der Waals surface area contributed by atoms with Gasteiger partial charge in [-0.15, -0.1) is 0 Å². The standard InChI is InChI=1S/C12H14N2O3S/c13-8-3-1-4-9-10(8)18(16,17)7-12(5-2-6-12)11(15)14-9/h1,3-4H,2,5-7,13H2,(H,14,15). The number of nitrogens with two attached hydrogens (primary N) is 1. The van der Waals surface area contributed by atoms with Crippen molar-refractivity contribution in [2.24, 2.45) is 5.41 Å². The molecule has 18 heavy (non-hydrogen) atoms. The Morgan fingerprint density at radius 1 is 1.28 bits per heavy atom. The second-order valence-corrected chi connectivity index (χ2v) is 7.00. The molecule has 1 saturated carbocycles. The molecule has 1 spiro atoms. The lowest BCUT2D eigenvalue weighted by Gasteiger charge is -2.38. The Labute approximate surface area is 105 Å². The highest BCUT2D eigenvalue weighted by Gasteiger charge is 2.50. The summed E-state index contributed by atoms with van der Waals surface area (Å²) in [7, 11) is -3.52. The van der Waals surface area contributed by atoms with Crippen molar-refractivity contribution >= 4 is 27.1 Å². The fourth-order valence-electron chi connectivity index (χ4n) is 2.73. The first-order valence-corrected chi connectivity index (χ1v) is 7.53. The van der Waals surface area contributed by atoms with Gasteiger partial charge in [-0.3, -0.25) is 4.79 Å². The van der Waals surface area contributed by atoms with Crippen LogP contribution in [0.25, 0.3) is 0 Å². The molecule has 96 valence electrons. The van der Waals surface area contributed by atoms with E-state index < -0.39 is 15.3 Å². The normalized spacial score (nSPS) is 23.7. The van der Waals surface area contributed by atoms with E-state index in [1.807, 2.05) is 0 Å². The third-order valence-corrected chi connectivity index (χ3v) is 5.87. The quantitative estimate of drug-likeness (QED) is 0.690. The zero-order valence-electron chi connectivity index (χ0n) is 9.77. The van der Waals surface area contributed by atoms with Gasteiger partial charge in [0, 0.05) is 0 Å². The number of rotatable bonds is 0. The van der Waals surface area contributed by atoms with Crippen LogP contribution in [0.4, 0.5) is 11.4 Å². The summed E-state index contributed by atoms with van der Waals surface area (Å²) in [6, 6.07) is 4.77. The Morgan fingerprint density at radius 3 is 2.61 bits per heavy atom. The summed E-state index contributed by atoms with van der Waals surface area (Å²) in [5.41, 5.74) is 5.51. The smallest absolute Gasteiger partial charge is 0.231 e. The van der Waals surface area contributed by atoms with Crippen LogP contribution in [0, 0.1) is 5.41 Å². The number of hydrogen-bond donors (Lipinski definition) is 2. The van der Waals surface area contributed by atoms with Crippen LogP contribution in [0.2, 0.25) is 0 Å². The summed E-state index contributed by atoms with van der Waals surface area (Å²) in [4.78, 5) is 12.2. The number of carbonyl (C=O) groups is 1. The molecule has 6 heteroatoms. The van der Waals surface area contributed by atoms with Gasteiger partial charge in [-0.05, 0) is 25.0 Å². The van der Waals surface area contributed by atoms with Crippen molar-refractivity contribution in [3.05, 3.63) is 18.2 Å². The molecule has 2 aliphatic rings. The summed E-state index contributed by atoms with van der Waals surface area (Å²) < 4.78 is 24.8. The molecule has 1 fully saturated rings. The second kappa shape index (κ2) is 3.47. The average Bonchev–Trinajstić information content (AvgIpc) is 2.31. The number of amides is 1. The summed E-state index contributed by atoms with van der Waals surface area (Å²) in [6.45, 7) is 0. The van der Waals surface area contributed by atoms with Gasteiger partial charge in [-0.2, -0.15) is 0 Å². The largest absolute Gasteiger partial charge is 0.398 e. The van der Waals surface area contributed by atoms with E-state index in [1.165, 1.54) is 0 Å². The van der Waals surface area contributed by atoms with Crippen molar-refractivity contribution in [3.8, 4) is 0 Å². The van der Waals surface area contributed by atoms with Crippen molar-refractivity contribution in [1.82, 2.24) is 0 Å². The lowest BCUT2D eigenvalue weighted by atomic mass is 9.69. The number of nitrogens with one attached hydrogen (secondary N) is 1. The van der Waals surface area contributed by atoms with Crippen LogP contribution in [0.3, 0.4) is 0 Å². The van der Waals surface area contributed by atoms with E-state index in [4.69, 9.17) is 5.73 Å². The molecule has 1 aliphatic carbocycles.